The molecule has 0 heterocycles. The van der Waals surface area contributed by atoms with Crippen LogP contribution in [0.25, 0.3) is 0 Å². The van der Waals surface area contributed by atoms with Crippen LogP contribution in [-0.4, -0.2) is 26.6 Å². The van der Waals surface area contributed by atoms with Crippen molar-refractivity contribution >= 4 is 50.5 Å². The molecule has 0 saturated heterocycles. The Morgan fingerprint density at radius 2 is 1.58 bits per heavy atom. The van der Waals surface area contributed by atoms with Gasteiger partial charge in [0.25, 0.3) is 0 Å². The van der Waals surface area contributed by atoms with Crippen LogP contribution in [0.1, 0.15) is 6.92 Å². The average Bonchev–Trinajstić information content (AvgIpc) is 2.72. The standard InChI is InChI=1S/C22H20Cl2N2O4S/c1-15(22(27)25-21-14-16(23)8-13-20(21)24)26(31(2,28)29)17-9-11-19(12-10-17)30-18-6-4-3-5-7-18/h3-15H,1-2H3,(H,25,27)/t15-/m1/s1. The zero-order valence-corrected chi connectivity index (χ0v) is 19.1. The Bertz CT molecular complexity index is 1170. The first kappa shape index (κ1) is 22.9. The molecule has 162 valence electrons. The van der Waals surface area contributed by atoms with Crippen molar-refractivity contribution in [2.75, 3.05) is 15.9 Å². The van der Waals surface area contributed by atoms with E-state index in [0.29, 0.717) is 32.9 Å². The molecule has 3 rings (SSSR count). The third kappa shape index (κ3) is 5.91. The number of carbonyl (C=O) groups is 1. The highest BCUT2D eigenvalue weighted by Gasteiger charge is 2.29. The molecule has 1 N–H and O–H groups in total. The molecule has 0 aliphatic heterocycles. The smallest absolute Gasteiger partial charge is 0.248 e. The van der Waals surface area contributed by atoms with Gasteiger partial charge in [0.05, 0.1) is 22.7 Å². The summed E-state index contributed by atoms with van der Waals surface area (Å²) in [4.78, 5) is 12.8. The highest BCUT2D eigenvalue weighted by molar-refractivity contribution is 7.92. The first-order valence-electron chi connectivity index (χ1n) is 9.23. The fraction of sp³-hybridized carbons (Fsp3) is 0.136. The van der Waals surface area contributed by atoms with E-state index < -0.39 is 22.0 Å². The molecular formula is C22H20Cl2N2O4S. The summed E-state index contributed by atoms with van der Waals surface area (Å²) in [6, 6.07) is 19.2. The maximum Gasteiger partial charge on any atom is 0.248 e. The third-order valence-electron chi connectivity index (χ3n) is 4.34. The number of hydrogen-bond acceptors (Lipinski definition) is 4. The average molecular weight is 479 g/mol. The van der Waals surface area contributed by atoms with Crippen LogP contribution < -0.4 is 14.4 Å². The molecule has 0 fully saturated rings. The van der Waals surface area contributed by atoms with Gasteiger partial charge in [-0.2, -0.15) is 0 Å². The van der Waals surface area contributed by atoms with Crippen LogP contribution >= 0.6 is 23.2 Å². The molecule has 0 bridgehead atoms. The number of amides is 1. The van der Waals surface area contributed by atoms with Gasteiger partial charge in [-0.3, -0.25) is 9.10 Å². The molecule has 3 aromatic rings. The van der Waals surface area contributed by atoms with Crippen molar-refractivity contribution in [3.05, 3.63) is 82.8 Å². The SMILES string of the molecule is C[C@H](C(=O)Nc1cc(Cl)ccc1Cl)N(c1ccc(Oc2ccccc2)cc1)S(C)(=O)=O. The molecule has 0 aliphatic carbocycles. The number of sulfonamides is 1. The summed E-state index contributed by atoms with van der Waals surface area (Å²) >= 11 is 12.1. The van der Waals surface area contributed by atoms with Gasteiger partial charge in [0.15, 0.2) is 0 Å². The lowest BCUT2D eigenvalue weighted by Crippen LogP contribution is -2.45. The third-order valence-corrected chi connectivity index (χ3v) is 6.15. The number of benzene rings is 3. The Kier molecular flexibility index (Phi) is 7.10. The predicted molar refractivity (Wildman–Crippen MR) is 125 cm³/mol. The van der Waals surface area contributed by atoms with Crippen LogP contribution in [0.3, 0.4) is 0 Å². The van der Waals surface area contributed by atoms with E-state index in [-0.39, 0.29) is 0 Å². The fourth-order valence-electron chi connectivity index (χ4n) is 2.92. The van der Waals surface area contributed by atoms with Crippen LogP contribution in [0, 0.1) is 0 Å². The number of hydrogen-bond donors (Lipinski definition) is 1. The maximum atomic E-state index is 12.8. The zero-order valence-electron chi connectivity index (χ0n) is 16.7. The van der Waals surface area contributed by atoms with Crippen LogP contribution in [0.4, 0.5) is 11.4 Å². The zero-order chi connectivity index (χ0) is 22.6. The summed E-state index contributed by atoms with van der Waals surface area (Å²) in [5.74, 6) is 0.631. The number of para-hydroxylation sites is 1. The molecule has 9 heteroatoms. The van der Waals surface area contributed by atoms with Gasteiger partial charge < -0.3 is 10.1 Å². The van der Waals surface area contributed by atoms with Gasteiger partial charge in [0.2, 0.25) is 15.9 Å². The molecule has 0 aromatic heterocycles. The number of rotatable bonds is 7. The monoisotopic (exact) mass is 478 g/mol. The van der Waals surface area contributed by atoms with E-state index in [4.69, 9.17) is 27.9 Å². The molecule has 3 aromatic carbocycles. The summed E-state index contributed by atoms with van der Waals surface area (Å²) in [7, 11) is -3.77. The molecule has 0 saturated carbocycles. The van der Waals surface area contributed by atoms with Gasteiger partial charge in [-0.05, 0) is 61.5 Å². The summed E-state index contributed by atoms with van der Waals surface area (Å²) < 4.78 is 31.8. The number of anilines is 2. The van der Waals surface area contributed by atoms with Gasteiger partial charge in [-0.25, -0.2) is 8.42 Å². The van der Waals surface area contributed by atoms with Gasteiger partial charge in [-0.1, -0.05) is 41.4 Å². The minimum absolute atomic E-state index is 0.290. The number of carbonyl (C=O) groups excluding carboxylic acids is 1. The molecule has 0 unspecified atom stereocenters. The van der Waals surface area contributed by atoms with E-state index in [2.05, 4.69) is 5.32 Å². The quantitative estimate of drug-likeness (QED) is 0.480. The molecule has 1 amide bonds. The van der Waals surface area contributed by atoms with Crippen LogP contribution in [-0.2, 0) is 14.8 Å². The van der Waals surface area contributed by atoms with E-state index in [9.17, 15) is 13.2 Å². The molecule has 6 nitrogen and oxygen atoms in total. The Hall–Kier alpha value is -2.74. The van der Waals surface area contributed by atoms with E-state index in [0.717, 1.165) is 10.6 Å². The molecule has 31 heavy (non-hydrogen) atoms. The van der Waals surface area contributed by atoms with E-state index in [1.165, 1.54) is 13.0 Å². The minimum Gasteiger partial charge on any atom is -0.457 e. The Morgan fingerprint density at radius 3 is 2.19 bits per heavy atom. The van der Waals surface area contributed by atoms with Gasteiger partial charge in [-0.15, -0.1) is 0 Å². The van der Waals surface area contributed by atoms with Crippen molar-refractivity contribution in [1.82, 2.24) is 0 Å². The lowest BCUT2D eigenvalue weighted by Gasteiger charge is -2.28. The normalized spacial score (nSPS) is 12.1. The van der Waals surface area contributed by atoms with Crippen molar-refractivity contribution in [3.8, 4) is 11.5 Å². The second-order valence-corrected chi connectivity index (χ2v) is 9.46. The number of halogens is 2. The summed E-state index contributed by atoms with van der Waals surface area (Å²) in [5.41, 5.74) is 0.619. The Balaban J connectivity index is 1.82. The second-order valence-electron chi connectivity index (χ2n) is 6.76. The topological polar surface area (TPSA) is 75.7 Å². The fourth-order valence-corrected chi connectivity index (χ4v) is 4.44. The lowest BCUT2D eigenvalue weighted by atomic mass is 10.2. The van der Waals surface area contributed by atoms with E-state index >= 15 is 0 Å². The largest absolute Gasteiger partial charge is 0.457 e. The van der Waals surface area contributed by atoms with Gasteiger partial charge in [0.1, 0.15) is 17.5 Å². The van der Waals surface area contributed by atoms with Crippen molar-refractivity contribution in [3.63, 3.8) is 0 Å². The summed E-state index contributed by atoms with van der Waals surface area (Å²) in [6.45, 7) is 1.49. The van der Waals surface area contributed by atoms with Gasteiger partial charge >= 0.3 is 0 Å². The van der Waals surface area contributed by atoms with Crippen molar-refractivity contribution in [2.45, 2.75) is 13.0 Å². The van der Waals surface area contributed by atoms with Crippen LogP contribution in [0.5, 0.6) is 11.5 Å². The van der Waals surface area contributed by atoms with E-state index in [1.807, 2.05) is 30.3 Å². The van der Waals surface area contributed by atoms with Crippen LogP contribution in [0.2, 0.25) is 10.0 Å². The maximum absolute atomic E-state index is 12.8. The van der Waals surface area contributed by atoms with Crippen molar-refractivity contribution in [1.29, 1.82) is 0 Å². The van der Waals surface area contributed by atoms with Crippen LogP contribution in [0.15, 0.2) is 72.8 Å². The van der Waals surface area contributed by atoms with Crippen molar-refractivity contribution < 1.29 is 17.9 Å². The van der Waals surface area contributed by atoms with Crippen molar-refractivity contribution in [2.24, 2.45) is 0 Å². The Morgan fingerprint density at radius 1 is 0.968 bits per heavy atom. The molecule has 0 aliphatic rings. The lowest BCUT2D eigenvalue weighted by molar-refractivity contribution is -0.116. The molecular weight excluding hydrogens is 459 g/mol. The van der Waals surface area contributed by atoms with E-state index in [1.54, 1.807) is 36.4 Å². The molecule has 1 atom stereocenters. The Labute approximate surface area is 191 Å². The molecule has 0 radical (unpaired) electrons. The summed E-state index contributed by atoms with van der Waals surface area (Å²) in [6.07, 6.45) is 1.04. The number of nitrogens with one attached hydrogen (secondary N) is 1. The highest BCUT2D eigenvalue weighted by Crippen LogP contribution is 2.29. The number of nitrogens with zero attached hydrogens (tertiary/aromatic N) is 1. The number of ether oxygens (including phenoxy) is 1. The minimum atomic E-state index is -3.77. The highest BCUT2D eigenvalue weighted by atomic mass is 35.5. The first-order valence-corrected chi connectivity index (χ1v) is 11.8. The summed E-state index contributed by atoms with van der Waals surface area (Å²) in [5, 5.41) is 3.31. The van der Waals surface area contributed by atoms with Gasteiger partial charge in [0, 0.05) is 5.02 Å². The predicted octanol–water partition coefficient (Wildman–Crippen LogP) is 5.58. The molecule has 0 spiro atoms. The second kappa shape index (κ2) is 9.60. The first-order chi connectivity index (χ1) is 14.6.